The second kappa shape index (κ2) is 6.29. The monoisotopic (exact) mass is 312 g/mol. The third-order valence-electron chi connectivity index (χ3n) is 3.46. The Balaban J connectivity index is 1.94. The first kappa shape index (κ1) is 13.5. The number of nitrogens with zero attached hydrogens (tertiary/aromatic N) is 1. The molecule has 1 aliphatic rings. The standard InChI is InChI=1S/C13H17BrN2O2/c14-12-5-6-13(16(17)18)11(7-12)9-15-8-10-3-1-2-4-10/h5-7,10,15H,1-4,8-9H2. The van der Waals surface area contributed by atoms with Crippen molar-refractivity contribution in [3.8, 4) is 0 Å². The van der Waals surface area contributed by atoms with E-state index in [0.717, 1.165) is 22.5 Å². The van der Waals surface area contributed by atoms with E-state index in [0.29, 0.717) is 6.54 Å². The summed E-state index contributed by atoms with van der Waals surface area (Å²) < 4.78 is 0.880. The molecule has 1 aliphatic carbocycles. The smallest absolute Gasteiger partial charge is 0.273 e. The molecule has 0 aliphatic heterocycles. The lowest BCUT2D eigenvalue weighted by Gasteiger charge is -2.10. The third-order valence-corrected chi connectivity index (χ3v) is 3.95. The Kier molecular flexibility index (Phi) is 4.72. The fourth-order valence-corrected chi connectivity index (χ4v) is 2.91. The zero-order chi connectivity index (χ0) is 13.0. The van der Waals surface area contributed by atoms with E-state index < -0.39 is 0 Å². The van der Waals surface area contributed by atoms with Crippen molar-refractivity contribution in [3.63, 3.8) is 0 Å². The summed E-state index contributed by atoms with van der Waals surface area (Å²) in [6.45, 7) is 1.52. The average molecular weight is 313 g/mol. The molecule has 1 saturated carbocycles. The van der Waals surface area contributed by atoms with Crippen LogP contribution in [0.5, 0.6) is 0 Å². The summed E-state index contributed by atoms with van der Waals surface area (Å²) in [7, 11) is 0. The van der Waals surface area contributed by atoms with Crippen LogP contribution in [0.3, 0.4) is 0 Å². The Morgan fingerprint density at radius 1 is 1.39 bits per heavy atom. The minimum atomic E-state index is -0.320. The summed E-state index contributed by atoms with van der Waals surface area (Å²) in [6.07, 6.45) is 5.22. The van der Waals surface area contributed by atoms with Crippen LogP contribution >= 0.6 is 15.9 Å². The van der Waals surface area contributed by atoms with Gasteiger partial charge in [0.25, 0.3) is 5.69 Å². The summed E-state index contributed by atoms with van der Waals surface area (Å²) in [5.41, 5.74) is 0.935. The second-order valence-electron chi connectivity index (χ2n) is 4.81. The predicted molar refractivity (Wildman–Crippen MR) is 74.5 cm³/mol. The van der Waals surface area contributed by atoms with Crippen LogP contribution in [0.25, 0.3) is 0 Å². The minimum absolute atomic E-state index is 0.192. The van der Waals surface area contributed by atoms with Crippen molar-refractivity contribution in [2.75, 3.05) is 6.54 Å². The van der Waals surface area contributed by atoms with Gasteiger partial charge in [-0.1, -0.05) is 28.8 Å². The summed E-state index contributed by atoms with van der Waals surface area (Å²) in [5.74, 6) is 0.746. The molecular weight excluding hydrogens is 296 g/mol. The molecule has 0 amide bonds. The molecule has 0 atom stereocenters. The molecule has 4 nitrogen and oxygen atoms in total. The van der Waals surface area contributed by atoms with Crippen LogP contribution in [0.1, 0.15) is 31.2 Å². The molecule has 5 heteroatoms. The first-order chi connectivity index (χ1) is 8.66. The molecule has 0 radical (unpaired) electrons. The normalized spacial score (nSPS) is 16.1. The van der Waals surface area contributed by atoms with Crippen molar-refractivity contribution >= 4 is 21.6 Å². The molecule has 18 heavy (non-hydrogen) atoms. The first-order valence-electron chi connectivity index (χ1n) is 6.30. The molecule has 0 bridgehead atoms. The lowest BCUT2D eigenvalue weighted by atomic mass is 10.1. The van der Waals surface area contributed by atoms with Gasteiger partial charge in [-0.3, -0.25) is 10.1 Å². The van der Waals surface area contributed by atoms with Crippen molar-refractivity contribution in [3.05, 3.63) is 38.3 Å². The molecule has 1 N–H and O–H groups in total. The first-order valence-corrected chi connectivity index (χ1v) is 7.09. The molecule has 0 unspecified atom stereocenters. The number of nitro groups is 1. The Labute approximate surface area is 115 Å². The zero-order valence-corrected chi connectivity index (χ0v) is 11.8. The van der Waals surface area contributed by atoms with E-state index >= 15 is 0 Å². The van der Waals surface area contributed by atoms with E-state index in [2.05, 4.69) is 21.2 Å². The molecular formula is C13H17BrN2O2. The van der Waals surface area contributed by atoms with Gasteiger partial charge < -0.3 is 5.32 Å². The molecule has 0 aromatic heterocycles. The maximum Gasteiger partial charge on any atom is 0.273 e. The Morgan fingerprint density at radius 3 is 2.78 bits per heavy atom. The van der Waals surface area contributed by atoms with Gasteiger partial charge in [0, 0.05) is 22.6 Å². The van der Waals surface area contributed by atoms with Gasteiger partial charge in [-0.25, -0.2) is 0 Å². The fraction of sp³-hybridized carbons (Fsp3) is 0.538. The van der Waals surface area contributed by atoms with E-state index in [-0.39, 0.29) is 10.6 Å². The maximum atomic E-state index is 10.9. The largest absolute Gasteiger partial charge is 0.312 e. The van der Waals surface area contributed by atoms with Crippen molar-refractivity contribution in [2.45, 2.75) is 32.2 Å². The van der Waals surface area contributed by atoms with Crippen LogP contribution in [0, 0.1) is 16.0 Å². The summed E-state index contributed by atoms with van der Waals surface area (Å²) >= 11 is 3.35. The van der Waals surface area contributed by atoms with Gasteiger partial charge in [0.05, 0.1) is 4.92 Å². The molecule has 0 spiro atoms. The number of hydrogen-bond donors (Lipinski definition) is 1. The van der Waals surface area contributed by atoms with Crippen molar-refractivity contribution in [2.24, 2.45) is 5.92 Å². The highest BCUT2D eigenvalue weighted by Gasteiger charge is 2.16. The fourth-order valence-electron chi connectivity index (χ4n) is 2.50. The van der Waals surface area contributed by atoms with Crippen molar-refractivity contribution in [1.82, 2.24) is 5.32 Å². The van der Waals surface area contributed by atoms with E-state index in [4.69, 9.17) is 0 Å². The van der Waals surface area contributed by atoms with Crippen LogP contribution in [0.4, 0.5) is 5.69 Å². The molecule has 1 aromatic rings. The number of rotatable bonds is 5. The van der Waals surface area contributed by atoms with Gasteiger partial charge in [-0.2, -0.15) is 0 Å². The molecule has 1 aromatic carbocycles. The van der Waals surface area contributed by atoms with Crippen molar-refractivity contribution in [1.29, 1.82) is 0 Å². The highest BCUT2D eigenvalue weighted by atomic mass is 79.9. The summed E-state index contributed by atoms with van der Waals surface area (Å²) in [4.78, 5) is 10.6. The van der Waals surface area contributed by atoms with Gasteiger partial charge in [-0.15, -0.1) is 0 Å². The number of halogens is 1. The quantitative estimate of drug-likeness (QED) is 0.667. The molecule has 1 fully saturated rings. The molecule has 0 heterocycles. The summed E-state index contributed by atoms with van der Waals surface area (Å²) in [6, 6.07) is 5.08. The van der Waals surface area contributed by atoms with Crippen molar-refractivity contribution < 1.29 is 4.92 Å². The molecule has 0 saturated heterocycles. The second-order valence-corrected chi connectivity index (χ2v) is 5.73. The zero-order valence-electron chi connectivity index (χ0n) is 10.2. The minimum Gasteiger partial charge on any atom is -0.312 e. The molecule has 2 rings (SSSR count). The Hall–Kier alpha value is -0.940. The van der Waals surface area contributed by atoms with Gasteiger partial charge >= 0.3 is 0 Å². The average Bonchev–Trinajstić information content (AvgIpc) is 2.82. The number of benzene rings is 1. The topological polar surface area (TPSA) is 55.2 Å². The van der Waals surface area contributed by atoms with Crippen LogP contribution in [-0.2, 0) is 6.54 Å². The van der Waals surface area contributed by atoms with Crippen LogP contribution < -0.4 is 5.32 Å². The van der Waals surface area contributed by atoms with E-state index in [9.17, 15) is 10.1 Å². The number of hydrogen-bond acceptors (Lipinski definition) is 3. The van der Waals surface area contributed by atoms with Gasteiger partial charge in [-0.05, 0) is 37.4 Å². The van der Waals surface area contributed by atoms with Gasteiger partial charge in [0.15, 0.2) is 0 Å². The highest BCUT2D eigenvalue weighted by Crippen LogP contribution is 2.25. The SMILES string of the molecule is O=[N+]([O-])c1ccc(Br)cc1CNCC1CCCC1. The van der Waals surface area contributed by atoms with E-state index in [1.54, 1.807) is 12.1 Å². The third kappa shape index (κ3) is 3.53. The Bertz CT molecular complexity index is 431. The Morgan fingerprint density at radius 2 is 2.11 bits per heavy atom. The van der Waals surface area contributed by atoms with Gasteiger partial charge in [0.1, 0.15) is 0 Å². The van der Waals surface area contributed by atoms with E-state index in [1.807, 2.05) is 6.07 Å². The van der Waals surface area contributed by atoms with Crippen LogP contribution in [-0.4, -0.2) is 11.5 Å². The lowest BCUT2D eigenvalue weighted by Crippen LogP contribution is -2.21. The summed E-state index contributed by atoms with van der Waals surface area (Å²) in [5, 5.41) is 14.3. The highest BCUT2D eigenvalue weighted by molar-refractivity contribution is 9.10. The lowest BCUT2D eigenvalue weighted by molar-refractivity contribution is -0.385. The van der Waals surface area contributed by atoms with Crippen LogP contribution in [0.15, 0.2) is 22.7 Å². The molecule has 98 valence electrons. The van der Waals surface area contributed by atoms with Crippen LogP contribution in [0.2, 0.25) is 0 Å². The van der Waals surface area contributed by atoms with Gasteiger partial charge in [0.2, 0.25) is 0 Å². The number of nitro benzene ring substituents is 1. The predicted octanol–water partition coefficient (Wildman–Crippen LogP) is 3.64. The number of nitrogens with one attached hydrogen (secondary N) is 1. The van der Waals surface area contributed by atoms with E-state index in [1.165, 1.54) is 25.7 Å². The maximum absolute atomic E-state index is 10.9.